The number of sulfone groups is 1. The second-order valence-corrected chi connectivity index (χ2v) is 7.39. The molecule has 0 heterocycles. The number of benzene rings is 2. The minimum atomic E-state index is -3.49. The van der Waals surface area contributed by atoms with Crippen LogP contribution in [0.4, 0.5) is 4.39 Å². The van der Waals surface area contributed by atoms with E-state index in [2.05, 4.69) is 5.32 Å². The third-order valence-corrected chi connectivity index (χ3v) is 5.35. The summed E-state index contributed by atoms with van der Waals surface area (Å²) in [6.07, 6.45) is 0. The Labute approximate surface area is 135 Å². The topological polar surface area (TPSA) is 63.2 Å². The lowest BCUT2D eigenvalue weighted by Gasteiger charge is -2.16. The third-order valence-electron chi connectivity index (χ3n) is 3.56. The van der Waals surface area contributed by atoms with Crippen molar-refractivity contribution in [1.29, 1.82) is 0 Å². The number of carbonyl (C=O) groups is 1. The first-order valence-corrected chi connectivity index (χ1v) is 8.88. The maximum atomic E-state index is 12.9. The van der Waals surface area contributed by atoms with Crippen molar-refractivity contribution in [1.82, 2.24) is 5.32 Å². The lowest BCUT2D eigenvalue weighted by molar-refractivity contribution is 0.0936. The van der Waals surface area contributed by atoms with E-state index in [1.165, 1.54) is 31.2 Å². The Bertz CT molecular complexity index is 801. The molecule has 1 atom stereocenters. The van der Waals surface area contributed by atoms with Crippen molar-refractivity contribution in [3.8, 4) is 0 Å². The van der Waals surface area contributed by atoms with Gasteiger partial charge in [-0.05, 0) is 36.8 Å². The quantitative estimate of drug-likeness (QED) is 0.913. The number of carbonyl (C=O) groups excluding carboxylic acids is 1. The number of halogens is 1. The van der Waals surface area contributed by atoms with Gasteiger partial charge in [-0.3, -0.25) is 4.79 Å². The number of nitrogens with one attached hydrogen (secondary N) is 1. The third kappa shape index (κ3) is 3.96. The summed E-state index contributed by atoms with van der Waals surface area (Å²) in [5.41, 5.74) is 0.846. The first-order valence-electron chi connectivity index (χ1n) is 7.23. The van der Waals surface area contributed by atoms with Crippen LogP contribution in [-0.2, 0) is 9.84 Å². The molecular weight excluding hydrogens is 317 g/mol. The number of hydrogen-bond donors (Lipinski definition) is 1. The van der Waals surface area contributed by atoms with Gasteiger partial charge in [-0.25, -0.2) is 12.8 Å². The van der Waals surface area contributed by atoms with Gasteiger partial charge in [0.2, 0.25) is 0 Å². The molecule has 0 aliphatic heterocycles. The smallest absolute Gasteiger partial charge is 0.253 e. The van der Waals surface area contributed by atoms with Crippen LogP contribution in [0.5, 0.6) is 0 Å². The van der Waals surface area contributed by atoms with Crippen LogP contribution in [0.25, 0.3) is 0 Å². The van der Waals surface area contributed by atoms with E-state index >= 15 is 0 Å². The lowest BCUT2D eigenvalue weighted by Crippen LogP contribution is -2.28. The summed E-state index contributed by atoms with van der Waals surface area (Å²) in [5.74, 6) is -0.911. The molecule has 122 valence electrons. The van der Waals surface area contributed by atoms with Gasteiger partial charge >= 0.3 is 0 Å². The van der Waals surface area contributed by atoms with E-state index in [9.17, 15) is 17.6 Å². The molecule has 1 N–H and O–H groups in total. The molecule has 1 unspecified atom stereocenters. The molecule has 0 saturated carbocycles. The van der Waals surface area contributed by atoms with E-state index < -0.39 is 15.7 Å². The summed E-state index contributed by atoms with van der Waals surface area (Å²) >= 11 is 0. The highest BCUT2D eigenvalue weighted by Crippen LogP contribution is 2.19. The molecule has 0 bridgehead atoms. The predicted octanol–water partition coefficient (Wildman–Crippen LogP) is 3.11. The molecule has 6 heteroatoms. The Morgan fingerprint density at radius 1 is 1.13 bits per heavy atom. The monoisotopic (exact) mass is 335 g/mol. The molecule has 2 aromatic rings. The van der Waals surface area contributed by atoms with E-state index in [4.69, 9.17) is 0 Å². The normalized spacial score (nSPS) is 12.7. The Hall–Kier alpha value is -2.21. The van der Waals surface area contributed by atoms with E-state index in [0.29, 0.717) is 0 Å². The maximum Gasteiger partial charge on any atom is 0.253 e. The van der Waals surface area contributed by atoms with Crippen LogP contribution in [-0.4, -0.2) is 20.1 Å². The van der Waals surface area contributed by atoms with Gasteiger partial charge in [0, 0.05) is 0 Å². The fourth-order valence-corrected chi connectivity index (χ4v) is 3.28. The Balaban J connectivity index is 2.26. The average Bonchev–Trinajstić information content (AvgIpc) is 2.55. The van der Waals surface area contributed by atoms with Crippen LogP contribution in [0.1, 0.15) is 35.8 Å². The zero-order chi connectivity index (χ0) is 17.0. The molecule has 1 amide bonds. The zero-order valence-corrected chi connectivity index (χ0v) is 13.7. The maximum absolute atomic E-state index is 12.9. The van der Waals surface area contributed by atoms with Crippen LogP contribution < -0.4 is 5.32 Å². The number of amides is 1. The van der Waals surface area contributed by atoms with Crippen LogP contribution in [0.2, 0.25) is 0 Å². The van der Waals surface area contributed by atoms with Crippen LogP contribution in [0.3, 0.4) is 0 Å². The molecule has 2 rings (SSSR count). The van der Waals surface area contributed by atoms with Gasteiger partial charge in [0.25, 0.3) is 5.91 Å². The molecule has 23 heavy (non-hydrogen) atoms. The molecule has 0 radical (unpaired) electrons. The second-order valence-electron chi connectivity index (χ2n) is 5.15. The van der Waals surface area contributed by atoms with Crippen LogP contribution >= 0.6 is 0 Å². The van der Waals surface area contributed by atoms with Crippen molar-refractivity contribution in [2.24, 2.45) is 0 Å². The molecule has 0 spiro atoms. The number of hydrogen-bond acceptors (Lipinski definition) is 3. The van der Waals surface area contributed by atoms with Gasteiger partial charge in [0.05, 0.1) is 22.3 Å². The van der Waals surface area contributed by atoms with E-state index in [1.54, 1.807) is 31.2 Å². The lowest BCUT2D eigenvalue weighted by atomic mass is 10.1. The SMILES string of the molecule is CCS(=O)(=O)c1ccccc1C(=O)NC(C)c1ccc(F)cc1. The summed E-state index contributed by atoms with van der Waals surface area (Å²) in [6.45, 7) is 3.28. The molecule has 0 fully saturated rings. The predicted molar refractivity (Wildman–Crippen MR) is 86.5 cm³/mol. The highest BCUT2D eigenvalue weighted by atomic mass is 32.2. The van der Waals surface area contributed by atoms with Gasteiger partial charge in [-0.15, -0.1) is 0 Å². The summed E-state index contributed by atoms with van der Waals surface area (Å²) in [5, 5.41) is 2.74. The molecule has 2 aromatic carbocycles. The summed E-state index contributed by atoms with van der Waals surface area (Å²) in [6, 6.07) is 11.5. The van der Waals surface area contributed by atoms with Gasteiger partial charge in [-0.2, -0.15) is 0 Å². The first-order chi connectivity index (χ1) is 10.8. The summed E-state index contributed by atoms with van der Waals surface area (Å²) in [7, 11) is -3.49. The zero-order valence-electron chi connectivity index (χ0n) is 12.9. The van der Waals surface area contributed by atoms with Crippen molar-refractivity contribution < 1.29 is 17.6 Å². The van der Waals surface area contributed by atoms with E-state index in [-0.39, 0.29) is 28.1 Å². The van der Waals surface area contributed by atoms with Crippen molar-refractivity contribution in [3.05, 3.63) is 65.5 Å². The van der Waals surface area contributed by atoms with E-state index in [1.807, 2.05) is 0 Å². The fraction of sp³-hybridized carbons (Fsp3) is 0.235. The minimum absolute atomic E-state index is 0.0197. The number of rotatable bonds is 5. The van der Waals surface area contributed by atoms with Crippen molar-refractivity contribution >= 4 is 15.7 Å². The molecule has 0 saturated heterocycles. The Morgan fingerprint density at radius 3 is 2.35 bits per heavy atom. The Morgan fingerprint density at radius 2 is 1.74 bits per heavy atom. The molecule has 4 nitrogen and oxygen atoms in total. The van der Waals surface area contributed by atoms with Gasteiger partial charge in [0.1, 0.15) is 5.82 Å². The second kappa shape index (κ2) is 6.91. The minimum Gasteiger partial charge on any atom is -0.345 e. The Kier molecular flexibility index (Phi) is 5.15. The largest absolute Gasteiger partial charge is 0.345 e. The fourth-order valence-electron chi connectivity index (χ4n) is 2.19. The highest BCUT2D eigenvalue weighted by Gasteiger charge is 2.21. The summed E-state index contributed by atoms with van der Waals surface area (Å²) in [4.78, 5) is 12.4. The standard InChI is InChI=1S/C17H18FNO3S/c1-3-23(21,22)16-7-5-4-6-15(16)17(20)19-12(2)13-8-10-14(18)11-9-13/h4-12H,3H2,1-2H3,(H,19,20). The van der Waals surface area contributed by atoms with Crippen molar-refractivity contribution in [2.45, 2.75) is 24.8 Å². The summed E-state index contributed by atoms with van der Waals surface area (Å²) < 4.78 is 37.1. The van der Waals surface area contributed by atoms with Crippen molar-refractivity contribution in [3.63, 3.8) is 0 Å². The van der Waals surface area contributed by atoms with Crippen LogP contribution in [0.15, 0.2) is 53.4 Å². The van der Waals surface area contributed by atoms with Crippen molar-refractivity contribution in [2.75, 3.05) is 5.75 Å². The first kappa shape index (κ1) is 17.1. The molecule has 0 aromatic heterocycles. The van der Waals surface area contributed by atoms with Gasteiger partial charge in [0.15, 0.2) is 9.84 Å². The highest BCUT2D eigenvalue weighted by molar-refractivity contribution is 7.91. The molecule has 0 aliphatic carbocycles. The average molecular weight is 335 g/mol. The van der Waals surface area contributed by atoms with Crippen LogP contribution in [0, 0.1) is 5.82 Å². The molecular formula is C17H18FNO3S. The van der Waals surface area contributed by atoms with E-state index in [0.717, 1.165) is 5.56 Å². The van der Waals surface area contributed by atoms with Gasteiger partial charge < -0.3 is 5.32 Å². The molecule has 0 aliphatic rings. The van der Waals surface area contributed by atoms with Gasteiger partial charge in [-0.1, -0.05) is 31.2 Å².